The zero-order valence-electron chi connectivity index (χ0n) is 5.87. The molecule has 0 unspecified atom stereocenters. The van der Waals surface area contributed by atoms with Gasteiger partial charge in [0.15, 0.2) is 5.78 Å². The Bertz CT molecular complexity index is 196. The molecule has 0 aromatic rings. The minimum atomic E-state index is -5.18. The molecule has 0 aliphatic carbocycles. The van der Waals surface area contributed by atoms with Gasteiger partial charge in [-0.15, -0.1) is 0 Å². The molecular formula is C4H7O7P-2. The molecule has 0 amide bonds. The van der Waals surface area contributed by atoms with E-state index in [1.807, 2.05) is 0 Å². The standard InChI is InChI=1S/C4H9O7P/c5-1-3(6)4(7)2-11-12(8,9)10/h3,5-6H,1-2H2,(H2,8,9,10)/p-2/t3-/m1/s1. The van der Waals surface area contributed by atoms with E-state index in [1.165, 1.54) is 0 Å². The molecule has 0 radical (unpaired) electrons. The monoisotopic (exact) mass is 198 g/mol. The van der Waals surface area contributed by atoms with Crippen LogP contribution in [0.3, 0.4) is 0 Å². The molecule has 0 spiro atoms. The Kier molecular flexibility index (Phi) is 4.54. The number of carbonyl (C=O) groups is 1. The maximum absolute atomic E-state index is 10.5. The highest BCUT2D eigenvalue weighted by Gasteiger charge is 2.13. The number of carbonyl (C=O) groups excluding carboxylic acids is 1. The Morgan fingerprint density at radius 1 is 1.58 bits per heavy atom. The van der Waals surface area contributed by atoms with Crippen molar-refractivity contribution in [1.29, 1.82) is 0 Å². The van der Waals surface area contributed by atoms with Gasteiger partial charge in [0.1, 0.15) is 12.7 Å². The van der Waals surface area contributed by atoms with Crippen molar-refractivity contribution in [3.63, 3.8) is 0 Å². The van der Waals surface area contributed by atoms with E-state index in [-0.39, 0.29) is 0 Å². The highest BCUT2D eigenvalue weighted by Crippen LogP contribution is 2.23. The number of rotatable bonds is 5. The van der Waals surface area contributed by atoms with Crippen LogP contribution in [-0.4, -0.2) is 35.3 Å². The maximum Gasteiger partial charge on any atom is 0.189 e. The summed E-state index contributed by atoms with van der Waals surface area (Å²) in [5.74, 6) is -1.07. The zero-order chi connectivity index (χ0) is 9.78. The van der Waals surface area contributed by atoms with Crippen molar-refractivity contribution >= 4 is 13.6 Å². The van der Waals surface area contributed by atoms with Gasteiger partial charge in [-0.3, -0.25) is 4.79 Å². The van der Waals surface area contributed by atoms with E-state index in [1.54, 1.807) is 0 Å². The summed E-state index contributed by atoms with van der Waals surface area (Å²) < 4.78 is 13.3. The van der Waals surface area contributed by atoms with Crippen LogP contribution in [0.15, 0.2) is 0 Å². The highest BCUT2D eigenvalue weighted by molar-refractivity contribution is 7.43. The fraction of sp³-hybridized carbons (Fsp3) is 0.750. The first-order valence-electron chi connectivity index (χ1n) is 2.85. The fourth-order valence-electron chi connectivity index (χ4n) is 0.341. The van der Waals surface area contributed by atoms with Crippen LogP contribution >= 0.6 is 7.82 Å². The predicted molar refractivity (Wildman–Crippen MR) is 31.7 cm³/mol. The first kappa shape index (κ1) is 11.7. The second kappa shape index (κ2) is 4.66. The van der Waals surface area contributed by atoms with Gasteiger partial charge in [-0.25, -0.2) is 0 Å². The van der Waals surface area contributed by atoms with Crippen molar-refractivity contribution in [1.82, 2.24) is 0 Å². The number of aliphatic hydroxyl groups is 2. The molecule has 0 bridgehead atoms. The second-order valence-corrected chi connectivity index (χ2v) is 3.04. The van der Waals surface area contributed by atoms with E-state index in [0.717, 1.165) is 0 Å². The van der Waals surface area contributed by atoms with Gasteiger partial charge in [0.05, 0.1) is 14.4 Å². The van der Waals surface area contributed by atoms with Gasteiger partial charge in [-0.1, -0.05) is 0 Å². The highest BCUT2D eigenvalue weighted by atomic mass is 31.2. The van der Waals surface area contributed by atoms with Gasteiger partial charge in [0.2, 0.25) is 0 Å². The van der Waals surface area contributed by atoms with Crippen molar-refractivity contribution < 1.29 is 33.9 Å². The summed E-state index contributed by atoms with van der Waals surface area (Å²) in [6, 6.07) is 0. The quantitative estimate of drug-likeness (QED) is 0.443. The van der Waals surface area contributed by atoms with Crippen LogP contribution in [0.5, 0.6) is 0 Å². The van der Waals surface area contributed by atoms with Crippen molar-refractivity contribution in [3.8, 4) is 0 Å². The molecule has 8 heteroatoms. The summed E-state index contributed by atoms with van der Waals surface area (Å²) in [4.78, 5) is 30.1. The number of phosphoric ester groups is 1. The average molecular weight is 198 g/mol. The molecule has 0 aliphatic rings. The van der Waals surface area contributed by atoms with Crippen LogP contribution in [0.4, 0.5) is 0 Å². The summed E-state index contributed by atoms with van der Waals surface area (Å²) in [6.45, 7) is -1.89. The van der Waals surface area contributed by atoms with Crippen molar-refractivity contribution in [2.75, 3.05) is 13.2 Å². The Hall–Kier alpha value is -0.300. The lowest BCUT2D eigenvalue weighted by Crippen LogP contribution is -2.29. The van der Waals surface area contributed by atoms with Crippen molar-refractivity contribution in [2.45, 2.75) is 6.10 Å². The van der Waals surface area contributed by atoms with E-state index < -0.39 is 32.9 Å². The SMILES string of the molecule is O=C(COP(=O)([O-])[O-])[C@H](O)CO. The van der Waals surface area contributed by atoms with E-state index in [4.69, 9.17) is 10.2 Å². The Balaban J connectivity index is 3.80. The van der Waals surface area contributed by atoms with Crippen molar-refractivity contribution in [3.05, 3.63) is 0 Å². The summed E-state index contributed by atoms with van der Waals surface area (Å²) >= 11 is 0. The van der Waals surface area contributed by atoms with Crippen molar-refractivity contribution in [2.24, 2.45) is 0 Å². The van der Waals surface area contributed by atoms with Crippen LogP contribution in [0.2, 0.25) is 0 Å². The Morgan fingerprint density at radius 3 is 2.42 bits per heavy atom. The second-order valence-electron chi connectivity index (χ2n) is 1.89. The topological polar surface area (TPSA) is 130 Å². The minimum absolute atomic E-state index is 0.843. The molecule has 0 fully saturated rings. The van der Waals surface area contributed by atoms with Gasteiger partial charge in [-0.2, -0.15) is 0 Å². The molecular weight excluding hydrogens is 191 g/mol. The molecule has 0 aromatic carbocycles. The fourth-order valence-corrected chi connectivity index (χ4v) is 0.626. The molecule has 0 aliphatic heterocycles. The lowest BCUT2D eigenvalue weighted by molar-refractivity contribution is -0.341. The van der Waals surface area contributed by atoms with Gasteiger partial charge >= 0.3 is 0 Å². The van der Waals surface area contributed by atoms with Gasteiger partial charge in [0.25, 0.3) is 0 Å². The first-order valence-corrected chi connectivity index (χ1v) is 4.31. The van der Waals surface area contributed by atoms with Crippen LogP contribution in [0.1, 0.15) is 0 Å². The summed E-state index contributed by atoms with van der Waals surface area (Å²) in [5, 5.41) is 16.7. The van der Waals surface area contributed by atoms with Crippen LogP contribution in [-0.2, 0) is 13.9 Å². The zero-order valence-corrected chi connectivity index (χ0v) is 6.77. The number of Topliss-reactive ketones (excluding diaryl/α,β-unsaturated/α-hetero) is 1. The number of phosphoric acid groups is 1. The van der Waals surface area contributed by atoms with Crippen LogP contribution in [0, 0.1) is 0 Å². The van der Waals surface area contributed by atoms with Gasteiger partial charge in [0, 0.05) is 0 Å². The third-order valence-electron chi connectivity index (χ3n) is 0.910. The molecule has 7 nitrogen and oxygen atoms in total. The van der Waals surface area contributed by atoms with E-state index >= 15 is 0 Å². The van der Waals surface area contributed by atoms with Crippen LogP contribution < -0.4 is 9.79 Å². The minimum Gasteiger partial charge on any atom is -0.790 e. The lowest BCUT2D eigenvalue weighted by Gasteiger charge is -2.28. The molecule has 2 N–H and O–H groups in total. The molecule has 0 saturated carbocycles. The molecule has 72 valence electrons. The Labute approximate surface area is 67.8 Å². The molecule has 0 rings (SSSR count). The third kappa shape index (κ3) is 5.36. The van der Waals surface area contributed by atoms with E-state index in [0.29, 0.717) is 0 Å². The number of hydrogen-bond donors (Lipinski definition) is 2. The van der Waals surface area contributed by atoms with Gasteiger partial charge < -0.3 is 29.1 Å². The van der Waals surface area contributed by atoms with Crippen LogP contribution in [0.25, 0.3) is 0 Å². The number of aliphatic hydroxyl groups excluding tert-OH is 2. The lowest BCUT2D eigenvalue weighted by atomic mass is 10.3. The predicted octanol–water partition coefficient (Wildman–Crippen LogP) is -3.25. The summed E-state index contributed by atoms with van der Waals surface area (Å²) in [7, 11) is -5.18. The largest absolute Gasteiger partial charge is 0.790 e. The maximum atomic E-state index is 10.5. The smallest absolute Gasteiger partial charge is 0.189 e. The van der Waals surface area contributed by atoms with E-state index in [9.17, 15) is 19.1 Å². The molecule has 0 aromatic heterocycles. The first-order chi connectivity index (χ1) is 5.37. The van der Waals surface area contributed by atoms with Gasteiger partial charge in [-0.05, 0) is 0 Å². The molecule has 0 saturated heterocycles. The number of ketones is 1. The van der Waals surface area contributed by atoms with E-state index in [2.05, 4.69) is 4.52 Å². The average Bonchev–Trinajstić information content (AvgIpc) is 1.97. The normalized spacial score (nSPS) is 14.3. The Morgan fingerprint density at radius 2 is 2.08 bits per heavy atom. The molecule has 12 heavy (non-hydrogen) atoms. The number of hydrogen-bond acceptors (Lipinski definition) is 7. The summed E-state index contributed by atoms with van der Waals surface area (Å²) in [5.41, 5.74) is 0. The molecule has 1 atom stereocenters. The molecule has 0 heterocycles. The summed E-state index contributed by atoms with van der Waals surface area (Å²) in [6.07, 6.45) is -1.71. The third-order valence-corrected chi connectivity index (χ3v) is 1.35.